The molecule has 0 atom stereocenters. The minimum Gasteiger partial charge on any atom is -0.481 e. The molecule has 1 fully saturated rings. The number of nitrogens with zero attached hydrogens (tertiary/aromatic N) is 1. The zero-order chi connectivity index (χ0) is 13.0. The van der Waals surface area contributed by atoms with Gasteiger partial charge in [-0.2, -0.15) is 0 Å². The zero-order valence-corrected chi connectivity index (χ0v) is 11.1. The van der Waals surface area contributed by atoms with Gasteiger partial charge in [0.2, 0.25) is 5.88 Å². The summed E-state index contributed by atoms with van der Waals surface area (Å²) in [5.74, 6) is 0.171. The number of nitrogens with one attached hydrogen (secondary N) is 1. The lowest BCUT2D eigenvalue weighted by molar-refractivity contribution is -0.253. The van der Waals surface area contributed by atoms with Crippen molar-refractivity contribution >= 4 is 0 Å². The molecule has 5 heteroatoms. The molecule has 1 aromatic heterocycles. The van der Waals surface area contributed by atoms with Crippen LogP contribution in [0.1, 0.15) is 19.4 Å². The van der Waals surface area contributed by atoms with E-state index in [4.69, 9.17) is 14.2 Å². The van der Waals surface area contributed by atoms with E-state index in [-0.39, 0.29) is 6.04 Å². The number of hydrogen-bond acceptors (Lipinski definition) is 5. The summed E-state index contributed by atoms with van der Waals surface area (Å²) in [7, 11) is 1.61. The monoisotopic (exact) mass is 252 g/mol. The SMILES string of the molecule is COc1ccc(CNC2COC(C)(C)OC2)cn1. The number of methoxy groups -OCH3 is 1. The summed E-state index contributed by atoms with van der Waals surface area (Å²) in [5, 5.41) is 3.38. The first-order valence-electron chi connectivity index (χ1n) is 6.09. The highest BCUT2D eigenvalue weighted by Crippen LogP contribution is 2.17. The van der Waals surface area contributed by atoms with Gasteiger partial charge in [0.05, 0.1) is 26.4 Å². The van der Waals surface area contributed by atoms with Crippen LogP contribution in [0.2, 0.25) is 0 Å². The van der Waals surface area contributed by atoms with Gasteiger partial charge in [-0.15, -0.1) is 0 Å². The number of pyridine rings is 1. The predicted molar refractivity (Wildman–Crippen MR) is 67.4 cm³/mol. The summed E-state index contributed by atoms with van der Waals surface area (Å²) in [5.41, 5.74) is 1.11. The van der Waals surface area contributed by atoms with Gasteiger partial charge < -0.3 is 19.5 Å². The van der Waals surface area contributed by atoms with Crippen LogP contribution in [0.3, 0.4) is 0 Å². The standard InChI is InChI=1S/C13H20N2O3/c1-13(2)17-8-11(9-18-13)14-6-10-4-5-12(16-3)15-7-10/h4-5,7,11,14H,6,8-9H2,1-3H3. The van der Waals surface area contributed by atoms with Crippen molar-refractivity contribution < 1.29 is 14.2 Å². The van der Waals surface area contributed by atoms with Gasteiger partial charge in [-0.05, 0) is 19.4 Å². The third kappa shape index (κ3) is 3.66. The van der Waals surface area contributed by atoms with Gasteiger partial charge in [0, 0.05) is 18.8 Å². The maximum absolute atomic E-state index is 5.58. The predicted octanol–water partition coefficient (Wildman–Crippen LogP) is 1.33. The van der Waals surface area contributed by atoms with Crippen molar-refractivity contribution in [2.24, 2.45) is 0 Å². The second kappa shape index (κ2) is 5.65. The average Bonchev–Trinajstić information content (AvgIpc) is 2.38. The Morgan fingerprint density at radius 1 is 1.39 bits per heavy atom. The third-order valence-corrected chi connectivity index (χ3v) is 2.87. The Labute approximate surface area is 107 Å². The molecular formula is C13H20N2O3. The van der Waals surface area contributed by atoms with Gasteiger partial charge in [0.15, 0.2) is 5.79 Å². The van der Waals surface area contributed by atoms with Crippen LogP contribution in [0.25, 0.3) is 0 Å². The van der Waals surface area contributed by atoms with Crippen LogP contribution < -0.4 is 10.1 Å². The molecule has 1 aromatic rings. The minimum absolute atomic E-state index is 0.222. The molecule has 0 amide bonds. The molecule has 1 aliphatic heterocycles. The Bertz CT molecular complexity index is 368. The summed E-state index contributed by atoms with van der Waals surface area (Å²) in [4.78, 5) is 4.16. The summed E-state index contributed by atoms with van der Waals surface area (Å²) >= 11 is 0. The molecule has 0 unspecified atom stereocenters. The maximum Gasteiger partial charge on any atom is 0.212 e. The lowest BCUT2D eigenvalue weighted by Gasteiger charge is -2.35. The quantitative estimate of drug-likeness (QED) is 0.876. The molecule has 2 rings (SSSR count). The fraction of sp³-hybridized carbons (Fsp3) is 0.615. The van der Waals surface area contributed by atoms with Crippen molar-refractivity contribution in [3.8, 4) is 5.88 Å². The number of ether oxygens (including phenoxy) is 3. The average molecular weight is 252 g/mol. The highest BCUT2D eigenvalue weighted by atomic mass is 16.7. The molecule has 0 saturated carbocycles. The molecule has 0 bridgehead atoms. The molecular weight excluding hydrogens is 232 g/mol. The molecule has 1 N–H and O–H groups in total. The van der Waals surface area contributed by atoms with Gasteiger partial charge in [0.25, 0.3) is 0 Å². The van der Waals surface area contributed by atoms with E-state index in [0.29, 0.717) is 19.1 Å². The van der Waals surface area contributed by atoms with Gasteiger partial charge in [-0.25, -0.2) is 4.98 Å². The molecule has 0 spiro atoms. The van der Waals surface area contributed by atoms with E-state index in [1.165, 1.54) is 0 Å². The highest BCUT2D eigenvalue weighted by Gasteiger charge is 2.27. The molecule has 0 aromatic carbocycles. The van der Waals surface area contributed by atoms with Crippen LogP contribution >= 0.6 is 0 Å². The Morgan fingerprint density at radius 2 is 2.11 bits per heavy atom. The summed E-state index contributed by atoms with van der Waals surface area (Å²) < 4.78 is 16.2. The summed E-state index contributed by atoms with van der Waals surface area (Å²) in [6, 6.07) is 4.07. The summed E-state index contributed by atoms with van der Waals surface area (Å²) in [6.07, 6.45) is 1.81. The van der Waals surface area contributed by atoms with Gasteiger partial charge in [0.1, 0.15) is 0 Å². The zero-order valence-electron chi connectivity index (χ0n) is 11.1. The molecule has 100 valence electrons. The van der Waals surface area contributed by atoms with E-state index in [0.717, 1.165) is 12.1 Å². The summed E-state index contributed by atoms with van der Waals surface area (Å²) in [6.45, 7) is 5.93. The Morgan fingerprint density at radius 3 is 2.67 bits per heavy atom. The third-order valence-electron chi connectivity index (χ3n) is 2.87. The van der Waals surface area contributed by atoms with E-state index in [9.17, 15) is 0 Å². The van der Waals surface area contributed by atoms with Gasteiger partial charge in [-0.1, -0.05) is 6.07 Å². The van der Waals surface area contributed by atoms with E-state index in [1.54, 1.807) is 13.3 Å². The first-order valence-corrected chi connectivity index (χ1v) is 6.09. The number of aromatic nitrogens is 1. The van der Waals surface area contributed by atoms with Crippen molar-refractivity contribution in [2.45, 2.75) is 32.2 Å². The number of rotatable bonds is 4. The molecule has 1 saturated heterocycles. The van der Waals surface area contributed by atoms with Crippen LogP contribution in [0.4, 0.5) is 0 Å². The first-order chi connectivity index (χ1) is 8.59. The fourth-order valence-electron chi connectivity index (χ4n) is 1.71. The van der Waals surface area contributed by atoms with E-state index in [2.05, 4.69) is 10.3 Å². The van der Waals surface area contributed by atoms with E-state index >= 15 is 0 Å². The molecule has 2 heterocycles. The smallest absolute Gasteiger partial charge is 0.212 e. The topological polar surface area (TPSA) is 52.6 Å². The minimum atomic E-state index is -0.458. The molecule has 5 nitrogen and oxygen atoms in total. The fourth-order valence-corrected chi connectivity index (χ4v) is 1.71. The Kier molecular flexibility index (Phi) is 4.16. The Hall–Kier alpha value is -1.17. The lowest BCUT2D eigenvalue weighted by atomic mass is 10.2. The van der Waals surface area contributed by atoms with Crippen molar-refractivity contribution in [1.29, 1.82) is 0 Å². The van der Waals surface area contributed by atoms with Gasteiger partial charge >= 0.3 is 0 Å². The molecule has 1 aliphatic rings. The van der Waals surface area contributed by atoms with Crippen LogP contribution in [0, 0.1) is 0 Å². The molecule has 18 heavy (non-hydrogen) atoms. The maximum atomic E-state index is 5.58. The van der Waals surface area contributed by atoms with E-state index in [1.807, 2.05) is 26.0 Å². The first kappa shape index (κ1) is 13.3. The Balaban J connectivity index is 1.78. The second-order valence-electron chi connectivity index (χ2n) is 4.81. The van der Waals surface area contributed by atoms with E-state index < -0.39 is 5.79 Å². The normalized spacial score (nSPS) is 19.7. The van der Waals surface area contributed by atoms with Crippen molar-refractivity contribution in [2.75, 3.05) is 20.3 Å². The van der Waals surface area contributed by atoms with Crippen molar-refractivity contribution in [3.63, 3.8) is 0 Å². The second-order valence-corrected chi connectivity index (χ2v) is 4.81. The van der Waals surface area contributed by atoms with Crippen molar-refractivity contribution in [3.05, 3.63) is 23.9 Å². The molecule has 0 radical (unpaired) electrons. The lowest BCUT2D eigenvalue weighted by Crippen LogP contribution is -2.48. The van der Waals surface area contributed by atoms with Crippen LogP contribution in [-0.4, -0.2) is 37.1 Å². The van der Waals surface area contributed by atoms with Crippen LogP contribution in [-0.2, 0) is 16.0 Å². The van der Waals surface area contributed by atoms with Crippen LogP contribution in [0.5, 0.6) is 5.88 Å². The largest absolute Gasteiger partial charge is 0.481 e. The van der Waals surface area contributed by atoms with Crippen molar-refractivity contribution in [1.82, 2.24) is 10.3 Å². The number of hydrogen-bond donors (Lipinski definition) is 1. The highest BCUT2D eigenvalue weighted by molar-refractivity contribution is 5.17. The van der Waals surface area contributed by atoms with Crippen LogP contribution in [0.15, 0.2) is 18.3 Å². The van der Waals surface area contributed by atoms with Gasteiger partial charge in [-0.3, -0.25) is 0 Å². The molecule has 0 aliphatic carbocycles.